The summed E-state index contributed by atoms with van der Waals surface area (Å²) in [7, 11) is 1.71. The van der Waals surface area contributed by atoms with Gasteiger partial charge in [0.1, 0.15) is 5.69 Å². The van der Waals surface area contributed by atoms with E-state index in [4.69, 9.17) is 11.6 Å². The van der Waals surface area contributed by atoms with E-state index in [0.717, 1.165) is 5.67 Å². The lowest BCUT2D eigenvalue weighted by Gasteiger charge is -1.90. The Morgan fingerprint density at radius 2 is 2.55 bits per heavy atom. The highest BCUT2D eigenvalue weighted by Gasteiger charge is 2.04. The summed E-state index contributed by atoms with van der Waals surface area (Å²) in [6.07, 6.45) is 2.19. The zero-order chi connectivity index (χ0) is 8.27. The molecule has 0 bridgehead atoms. The minimum Gasteiger partial charge on any atom is -0.330 e. The average molecular weight is 172 g/mol. The molecule has 1 aromatic heterocycles. The molecule has 0 aliphatic heterocycles. The second kappa shape index (κ2) is 3.30. The van der Waals surface area contributed by atoms with E-state index in [-0.39, 0.29) is 0 Å². The third-order valence-electron chi connectivity index (χ3n) is 1.25. The maximum absolute atomic E-state index is 10.4. The Hall–Kier alpha value is -1.16. The summed E-state index contributed by atoms with van der Waals surface area (Å²) in [5.74, 6) is 0.345. The van der Waals surface area contributed by atoms with Gasteiger partial charge >= 0.3 is 0 Å². The van der Waals surface area contributed by atoms with E-state index < -0.39 is 0 Å². The smallest absolute Gasteiger partial charge is 0.181 e. The molecule has 11 heavy (non-hydrogen) atoms. The highest BCUT2D eigenvalue weighted by molar-refractivity contribution is 6.56. The Kier molecular flexibility index (Phi) is 2.38. The standard InChI is InChI=1S/C6H6ClN3O/c1-10-4-9-6(8-3-7)5(10)2-11/h2-4H,1H3/b8-3+. The predicted molar refractivity (Wildman–Crippen MR) is 42.6 cm³/mol. The lowest BCUT2D eigenvalue weighted by molar-refractivity contribution is 0.111. The van der Waals surface area contributed by atoms with Crippen molar-refractivity contribution >= 4 is 29.4 Å². The highest BCUT2D eigenvalue weighted by atomic mass is 35.5. The van der Waals surface area contributed by atoms with Gasteiger partial charge in [0.2, 0.25) is 0 Å². The number of carbonyl (C=O) groups excluding carboxylic acids is 1. The maximum atomic E-state index is 10.4. The third kappa shape index (κ3) is 1.46. The molecule has 1 heterocycles. The van der Waals surface area contributed by atoms with E-state index in [2.05, 4.69) is 9.98 Å². The van der Waals surface area contributed by atoms with Crippen LogP contribution in [0.5, 0.6) is 0 Å². The first kappa shape index (κ1) is 7.94. The van der Waals surface area contributed by atoms with Gasteiger partial charge in [-0.05, 0) is 0 Å². The summed E-state index contributed by atoms with van der Waals surface area (Å²) in [5.41, 5.74) is 1.50. The number of hydrogen-bond acceptors (Lipinski definition) is 3. The monoisotopic (exact) mass is 171 g/mol. The van der Waals surface area contributed by atoms with Crippen molar-refractivity contribution in [1.82, 2.24) is 9.55 Å². The summed E-state index contributed by atoms with van der Waals surface area (Å²) in [6, 6.07) is 0. The summed E-state index contributed by atoms with van der Waals surface area (Å²) < 4.78 is 1.58. The molecule has 0 aromatic carbocycles. The fourth-order valence-electron chi connectivity index (χ4n) is 0.709. The minimum absolute atomic E-state index is 0.345. The number of nitrogens with zero attached hydrogens (tertiary/aromatic N) is 3. The molecule has 0 radical (unpaired) electrons. The summed E-state index contributed by atoms with van der Waals surface area (Å²) in [4.78, 5) is 17.9. The molecule has 0 amide bonds. The minimum atomic E-state index is 0.345. The van der Waals surface area contributed by atoms with Crippen molar-refractivity contribution in [3.8, 4) is 0 Å². The van der Waals surface area contributed by atoms with Crippen LogP contribution in [-0.4, -0.2) is 21.5 Å². The molecule has 4 nitrogen and oxygen atoms in total. The van der Waals surface area contributed by atoms with E-state index in [1.54, 1.807) is 11.6 Å². The van der Waals surface area contributed by atoms with Gasteiger partial charge in [0.25, 0.3) is 0 Å². The Bertz CT molecular complexity index is 292. The first-order valence-corrected chi connectivity index (χ1v) is 3.32. The quantitative estimate of drug-likeness (QED) is 0.495. The summed E-state index contributed by atoms with van der Waals surface area (Å²) in [5, 5.41) is 0. The fraction of sp³-hybridized carbons (Fsp3) is 0.167. The number of aromatic nitrogens is 2. The van der Waals surface area contributed by atoms with Crippen LogP contribution in [0, 0.1) is 0 Å². The molecule has 0 saturated carbocycles. The van der Waals surface area contributed by atoms with Crippen LogP contribution in [0.2, 0.25) is 0 Å². The van der Waals surface area contributed by atoms with Gasteiger partial charge in [-0.3, -0.25) is 4.79 Å². The van der Waals surface area contributed by atoms with Crippen LogP contribution >= 0.6 is 11.6 Å². The van der Waals surface area contributed by atoms with E-state index in [1.807, 2.05) is 0 Å². The van der Waals surface area contributed by atoms with Crippen LogP contribution in [0.1, 0.15) is 10.5 Å². The second-order valence-corrected chi connectivity index (χ2v) is 2.10. The molecule has 0 saturated heterocycles. The number of aldehydes is 1. The van der Waals surface area contributed by atoms with Crippen LogP contribution in [0.25, 0.3) is 0 Å². The zero-order valence-electron chi connectivity index (χ0n) is 5.86. The number of aryl methyl sites for hydroxylation is 1. The Morgan fingerprint density at radius 1 is 1.82 bits per heavy atom. The third-order valence-corrected chi connectivity index (χ3v) is 1.34. The molecule has 0 unspecified atom stereocenters. The Morgan fingerprint density at radius 3 is 3.09 bits per heavy atom. The van der Waals surface area contributed by atoms with Gasteiger partial charge in [-0.1, -0.05) is 11.6 Å². The lowest BCUT2D eigenvalue weighted by Crippen LogP contribution is -1.91. The van der Waals surface area contributed by atoms with E-state index in [0.29, 0.717) is 17.8 Å². The highest BCUT2D eigenvalue weighted by Crippen LogP contribution is 2.12. The largest absolute Gasteiger partial charge is 0.330 e. The van der Waals surface area contributed by atoms with Gasteiger partial charge in [0.05, 0.1) is 12.0 Å². The maximum Gasteiger partial charge on any atom is 0.181 e. The molecule has 1 rings (SSSR count). The molecule has 0 fully saturated rings. The van der Waals surface area contributed by atoms with E-state index in [9.17, 15) is 4.79 Å². The number of aliphatic imine (C=N–C) groups is 1. The van der Waals surface area contributed by atoms with Gasteiger partial charge in [-0.15, -0.1) is 0 Å². The van der Waals surface area contributed by atoms with Gasteiger partial charge in [0, 0.05) is 7.05 Å². The van der Waals surface area contributed by atoms with Crippen molar-refractivity contribution in [3.05, 3.63) is 12.0 Å². The molecule has 0 N–H and O–H groups in total. The molecule has 0 aliphatic carbocycles. The van der Waals surface area contributed by atoms with Crippen molar-refractivity contribution in [1.29, 1.82) is 0 Å². The predicted octanol–water partition coefficient (Wildman–Crippen LogP) is 1.13. The van der Waals surface area contributed by atoms with Gasteiger partial charge in [0.15, 0.2) is 12.1 Å². The second-order valence-electron chi connectivity index (χ2n) is 1.91. The van der Waals surface area contributed by atoms with Gasteiger partial charge in [-0.25, -0.2) is 9.98 Å². The lowest BCUT2D eigenvalue weighted by atomic mass is 10.5. The topological polar surface area (TPSA) is 47.2 Å². The molecule has 1 aromatic rings. The molecule has 58 valence electrons. The fourth-order valence-corrected chi connectivity index (χ4v) is 0.801. The Labute approximate surface area is 68.5 Å². The molecular formula is C6H6ClN3O. The number of rotatable bonds is 2. The van der Waals surface area contributed by atoms with Crippen LogP contribution in [0.4, 0.5) is 5.82 Å². The van der Waals surface area contributed by atoms with Crippen molar-refractivity contribution in [2.75, 3.05) is 0 Å². The van der Waals surface area contributed by atoms with Crippen molar-refractivity contribution in [2.45, 2.75) is 0 Å². The zero-order valence-corrected chi connectivity index (χ0v) is 6.62. The van der Waals surface area contributed by atoms with E-state index in [1.165, 1.54) is 6.33 Å². The van der Waals surface area contributed by atoms with Crippen LogP contribution in [-0.2, 0) is 7.05 Å². The first-order chi connectivity index (χ1) is 5.29. The molecule has 0 atom stereocenters. The van der Waals surface area contributed by atoms with Crippen LogP contribution in [0.15, 0.2) is 11.3 Å². The molecular weight excluding hydrogens is 166 g/mol. The van der Waals surface area contributed by atoms with E-state index >= 15 is 0 Å². The number of imidazole rings is 1. The molecule has 0 aliphatic rings. The van der Waals surface area contributed by atoms with Crippen molar-refractivity contribution in [2.24, 2.45) is 12.0 Å². The summed E-state index contributed by atoms with van der Waals surface area (Å²) in [6.45, 7) is 0. The number of carbonyl (C=O) groups is 1. The normalized spacial score (nSPS) is 10.7. The first-order valence-electron chi connectivity index (χ1n) is 2.89. The van der Waals surface area contributed by atoms with Gasteiger partial charge < -0.3 is 4.57 Å². The van der Waals surface area contributed by atoms with Crippen molar-refractivity contribution < 1.29 is 4.79 Å². The van der Waals surface area contributed by atoms with Gasteiger partial charge in [-0.2, -0.15) is 0 Å². The SMILES string of the molecule is Cn1cnc(/N=C/Cl)c1C=O. The number of halogens is 1. The number of hydrogen-bond donors (Lipinski definition) is 0. The average Bonchev–Trinajstić information content (AvgIpc) is 2.33. The van der Waals surface area contributed by atoms with Crippen molar-refractivity contribution in [3.63, 3.8) is 0 Å². The summed E-state index contributed by atoms with van der Waals surface area (Å²) >= 11 is 5.22. The van der Waals surface area contributed by atoms with Crippen LogP contribution < -0.4 is 0 Å². The van der Waals surface area contributed by atoms with Crippen LogP contribution in [0.3, 0.4) is 0 Å². The molecule has 0 spiro atoms. The molecule has 5 heteroatoms. The Balaban J connectivity index is 3.15.